The number of H-pyrrole nitrogens is 1. The number of carbonyl (C=O) groups is 4. The van der Waals surface area contributed by atoms with Gasteiger partial charge in [-0.15, -0.1) is 0 Å². The summed E-state index contributed by atoms with van der Waals surface area (Å²) in [4.78, 5) is 58.2. The van der Waals surface area contributed by atoms with Gasteiger partial charge in [0.1, 0.15) is 18.1 Å². The summed E-state index contributed by atoms with van der Waals surface area (Å²) in [7, 11) is 0. The molecule has 2 heterocycles. The van der Waals surface area contributed by atoms with E-state index in [1.807, 2.05) is 6.07 Å². The molecule has 4 unspecified atom stereocenters. The lowest BCUT2D eigenvalue weighted by atomic mass is 10.1. The molecule has 0 spiro atoms. The number of imidazole rings is 1. The summed E-state index contributed by atoms with van der Waals surface area (Å²) in [5.41, 5.74) is 7.54. The Hall–Kier alpha value is -3.73. The lowest BCUT2D eigenvalue weighted by Crippen LogP contribution is -2.56. The summed E-state index contributed by atoms with van der Waals surface area (Å²) in [6.45, 7) is 1.87. The Morgan fingerprint density at radius 3 is 2.59 bits per heavy atom. The molecule has 1 aliphatic heterocycles. The third-order valence-electron chi connectivity index (χ3n) is 5.80. The van der Waals surface area contributed by atoms with Crippen LogP contribution in [-0.2, 0) is 32.0 Å². The number of likely N-dealkylation sites (tertiary alicyclic amines) is 1. The van der Waals surface area contributed by atoms with Crippen LogP contribution in [0.2, 0.25) is 0 Å². The van der Waals surface area contributed by atoms with Crippen LogP contribution in [0, 0.1) is 0 Å². The maximum atomic E-state index is 12.9. The van der Waals surface area contributed by atoms with Gasteiger partial charge >= 0.3 is 5.97 Å². The first-order valence-corrected chi connectivity index (χ1v) is 11.2. The van der Waals surface area contributed by atoms with Crippen LogP contribution >= 0.6 is 0 Å². The van der Waals surface area contributed by atoms with Gasteiger partial charge in [-0.05, 0) is 25.3 Å². The van der Waals surface area contributed by atoms with Crippen LogP contribution in [0.1, 0.15) is 31.0 Å². The van der Waals surface area contributed by atoms with E-state index in [2.05, 4.69) is 20.6 Å². The number of nitrogens with zero attached hydrogens (tertiary/aromatic N) is 2. The van der Waals surface area contributed by atoms with E-state index in [1.54, 1.807) is 30.5 Å². The summed E-state index contributed by atoms with van der Waals surface area (Å²) >= 11 is 0. The number of aromatic amines is 1. The van der Waals surface area contributed by atoms with E-state index in [0.717, 1.165) is 11.3 Å². The van der Waals surface area contributed by atoms with Crippen molar-refractivity contribution in [3.05, 3.63) is 54.1 Å². The van der Waals surface area contributed by atoms with Crippen molar-refractivity contribution in [2.24, 2.45) is 5.73 Å². The third-order valence-corrected chi connectivity index (χ3v) is 5.80. The maximum absolute atomic E-state index is 12.9. The first-order chi connectivity index (χ1) is 16.3. The highest BCUT2D eigenvalue weighted by atomic mass is 16.4. The molecule has 1 aromatic carbocycles. The van der Waals surface area contributed by atoms with Crippen molar-refractivity contribution >= 4 is 23.7 Å². The van der Waals surface area contributed by atoms with Crippen LogP contribution in [0.4, 0.5) is 0 Å². The molecule has 1 fully saturated rings. The predicted molar refractivity (Wildman–Crippen MR) is 122 cm³/mol. The van der Waals surface area contributed by atoms with Gasteiger partial charge in [-0.25, -0.2) is 9.78 Å². The van der Waals surface area contributed by atoms with E-state index in [0.29, 0.717) is 19.4 Å². The number of aromatic nitrogens is 2. The molecule has 0 aliphatic carbocycles. The second kappa shape index (κ2) is 11.4. The minimum Gasteiger partial charge on any atom is -0.480 e. The minimum atomic E-state index is -1.17. The number of hydrogen-bond acceptors (Lipinski definition) is 6. The lowest BCUT2D eigenvalue weighted by molar-refractivity contribution is -0.143. The zero-order chi connectivity index (χ0) is 24.7. The molecule has 4 atom stereocenters. The van der Waals surface area contributed by atoms with Gasteiger partial charge in [0.2, 0.25) is 17.7 Å². The molecule has 11 nitrogen and oxygen atoms in total. The topological polar surface area (TPSA) is 171 Å². The highest BCUT2D eigenvalue weighted by Crippen LogP contribution is 2.19. The predicted octanol–water partition coefficient (Wildman–Crippen LogP) is -0.413. The number of amides is 3. The van der Waals surface area contributed by atoms with Crippen LogP contribution < -0.4 is 16.4 Å². The van der Waals surface area contributed by atoms with Crippen molar-refractivity contribution < 1.29 is 24.3 Å². The van der Waals surface area contributed by atoms with Crippen LogP contribution in [0.3, 0.4) is 0 Å². The van der Waals surface area contributed by atoms with Crippen LogP contribution in [0.25, 0.3) is 0 Å². The van der Waals surface area contributed by atoms with Crippen molar-refractivity contribution in [1.29, 1.82) is 0 Å². The van der Waals surface area contributed by atoms with Gasteiger partial charge < -0.3 is 31.4 Å². The molecule has 1 aliphatic rings. The number of hydrogen-bond donors (Lipinski definition) is 5. The van der Waals surface area contributed by atoms with Gasteiger partial charge in [0.15, 0.2) is 0 Å². The molecule has 34 heavy (non-hydrogen) atoms. The third kappa shape index (κ3) is 6.41. The Morgan fingerprint density at radius 2 is 1.94 bits per heavy atom. The quantitative estimate of drug-likeness (QED) is 0.314. The Morgan fingerprint density at radius 1 is 1.21 bits per heavy atom. The van der Waals surface area contributed by atoms with Crippen molar-refractivity contribution in [1.82, 2.24) is 25.5 Å². The normalized spacial score (nSPS) is 18.1. The molecule has 1 saturated heterocycles. The molecule has 3 amide bonds. The van der Waals surface area contributed by atoms with Crippen molar-refractivity contribution in [2.45, 2.75) is 56.8 Å². The van der Waals surface area contributed by atoms with Crippen molar-refractivity contribution in [3.8, 4) is 0 Å². The summed E-state index contributed by atoms with van der Waals surface area (Å²) in [6.07, 6.45) is 4.56. The first-order valence-electron chi connectivity index (χ1n) is 11.2. The summed E-state index contributed by atoms with van der Waals surface area (Å²) < 4.78 is 0. The highest BCUT2D eigenvalue weighted by molar-refractivity contribution is 5.94. The van der Waals surface area contributed by atoms with E-state index in [1.165, 1.54) is 18.2 Å². The number of benzene rings is 1. The monoisotopic (exact) mass is 470 g/mol. The Balaban J connectivity index is 1.56. The van der Waals surface area contributed by atoms with E-state index >= 15 is 0 Å². The average Bonchev–Trinajstić information content (AvgIpc) is 3.50. The summed E-state index contributed by atoms with van der Waals surface area (Å²) in [5.74, 6) is -2.62. The molecule has 0 bridgehead atoms. The first kappa shape index (κ1) is 24.9. The molecule has 0 radical (unpaired) electrons. The van der Waals surface area contributed by atoms with E-state index in [-0.39, 0.29) is 18.7 Å². The molecular weight excluding hydrogens is 440 g/mol. The van der Waals surface area contributed by atoms with E-state index in [9.17, 15) is 24.3 Å². The second-order valence-electron chi connectivity index (χ2n) is 8.40. The fraction of sp³-hybridized carbons (Fsp3) is 0.435. The number of rotatable bonds is 10. The van der Waals surface area contributed by atoms with E-state index < -0.39 is 42.0 Å². The Bertz CT molecular complexity index is 997. The molecule has 3 rings (SSSR count). The lowest BCUT2D eigenvalue weighted by Gasteiger charge is -2.27. The Labute approximate surface area is 197 Å². The van der Waals surface area contributed by atoms with Gasteiger partial charge in [-0.3, -0.25) is 14.4 Å². The molecular formula is C23H30N6O5. The Kier molecular flexibility index (Phi) is 8.36. The molecule has 11 heteroatoms. The van der Waals surface area contributed by atoms with Gasteiger partial charge in [0.05, 0.1) is 12.4 Å². The highest BCUT2D eigenvalue weighted by Gasteiger charge is 2.37. The number of carboxylic acids is 1. The summed E-state index contributed by atoms with van der Waals surface area (Å²) in [5, 5.41) is 14.6. The average molecular weight is 471 g/mol. The minimum absolute atomic E-state index is 0.113. The molecule has 182 valence electrons. The van der Waals surface area contributed by atoms with Crippen molar-refractivity contribution in [2.75, 3.05) is 6.54 Å². The summed E-state index contributed by atoms with van der Waals surface area (Å²) in [6, 6.07) is 5.24. The second-order valence-corrected chi connectivity index (χ2v) is 8.40. The number of nitrogens with two attached hydrogens (primary N) is 1. The molecule has 1 aromatic heterocycles. The smallest absolute Gasteiger partial charge is 0.326 e. The molecule has 0 saturated carbocycles. The number of carbonyl (C=O) groups excluding carboxylic acids is 3. The number of carboxylic acid groups (broad SMARTS) is 1. The fourth-order valence-electron chi connectivity index (χ4n) is 3.96. The number of nitrogens with one attached hydrogen (secondary N) is 3. The standard InChI is InChI=1S/C23H30N6O5/c1-14(20(30)28-18(23(33)34)10-15-6-3-2-4-7-15)27-21(31)19-8-5-9-29(19)22(32)17(24)11-16-12-25-13-26-16/h2-4,6-7,12-14,17-19H,5,8-11,24H2,1H3,(H,25,26)(H,27,31)(H,28,30)(H,33,34). The van der Waals surface area contributed by atoms with Crippen LogP contribution in [0.15, 0.2) is 42.9 Å². The maximum Gasteiger partial charge on any atom is 0.326 e. The molecule has 6 N–H and O–H groups in total. The zero-order valence-corrected chi connectivity index (χ0v) is 18.9. The van der Waals surface area contributed by atoms with Gasteiger partial charge in [0.25, 0.3) is 0 Å². The number of aliphatic carboxylic acids is 1. The van der Waals surface area contributed by atoms with Gasteiger partial charge in [-0.1, -0.05) is 30.3 Å². The molecule has 2 aromatic rings. The zero-order valence-electron chi connectivity index (χ0n) is 18.9. The van der Waals surface area contributed by atoms with Gasteiger partial charge in [-0.2, -0.15) is 0 Å². The van der Waals surface area contributed by atoms with Crippen LogP contribution in [0.5, 0.6) is 0 Å². The van der Waals surface area contributed by atoms with Crippen molar-refractivity contribution in [3.63, 3.8) is 0 Å². The fourth-order valence-corrected chi connectivity index (χ4v) is 3.96. The van der Waals surface area contributed by atoms with Crippen LogP contribution in [-0.4, -0.2) is 74.4 Å². The SMILES string of the molecule is CC(NC(=O)C1CCCN1C(=O)C(N)Cc1cnc[nH]1)C(=O)NC(Cc1ccccc1)C(=O)O. The van der Waals surface area contributed by atoms with Gasteiger partial charge in [0, 0.05) is 31.3 Å². The largest absolute Gasteiger partial charge is 0.480 e. The van der Waals surface area contributed by atoms with E-state index in [4.69, 9.17) is 5.73 Å².